The molecule has 0 aliphatic heterocycles. The molecule has 0 aliphatic rings. The second-order valence-electron chi connectivity index (χ2n) is 1.80. The molecule has 0 aromatic rings. The van der Waals surface area contributed by atoms with Gasteiger partial charge in [-0.25, -0.2) is 0 Å². The van der Waals surface area contributed by atoms with Gasteiger partial charge < -0.3 is 0 Å². The SMILES string of the molecule is CC(=O)CC(=O)C(F)(F)F.[Sm]. The summed E-state index contributed by atoms with van der Waals surface area (Å²) in [6.45, 7) is 0.934. The molecular weight excluding hydrogens is 299 g/mol. The van der Waals surface area contributed by atoms with Gasteiger partial charge in [0.1, 0.15) is 5.78 Å². The van der Waals surface area contributed by atoms with Gasteiger partial charge in [0.2, 0.25) is 5.78 Å². The molecule has 0 spiro atoms. The van der Waals surface area contributed by atoms with Crippen molar-refractivity contribution in [3.8, 4) is 0 Å². The van der Waals surface area contributed by atoms with Gasteiger partial charge in [-0.3, -0.25) is 9.59 Å². The van der Waals surface area contributed by atoms with Crippen LogP contribution in [-0.2, 0) is 9.59 Å². The molecule has 2 nitrogen and oxygen atoms in total. The van der Waals surface area contributed by atoms with Crippen molar-refractivity contribution in [2.75, 3.05) is 0 Å². The van der Waals surface area contributed by atoms with E-state index in [1.807, 2.05) is 0 Å². The molecule has 0 rings (SSSR count). The summed E-state index contributed by atoms with van der Waals surface area (Å²) >= 11 is 0. The first-order valence-corrected chi connectivity index (χ1v) is 2.43. The summed E-state index contributed by atoms with van der Waals surface area (Å²) in [5.74, 6) is -2.76. The van der Waals surface area contributed by atoms with Gasteiger partial charge in [-0.05, 0) is 6.92 Å². The number of alkyl halides is 3. The molecule has 6 heteroatoms. The summed E-state index contributed by atoms with van der Waals surface area (Å²) in [7, 11) is 0. The van der Waals surface area contributed by atoms with Crippen molar-refractivity contribution in [2.24, 2.45) is 0 Å². The Kier molecular flexibility index (Phi) is 6.59. The second-order valence-corrected chi connectivity index (χ2v) is 1.80. The van der Waals surface area contributed by atoms with Crippen LogP contribution in [0.1, 0.15) is 13.3 Å². The molecule has 0 saturated carbocycles. The number of halogens is 3. The van der Waals surface area contributed by atoms with E-state index >= 15 is 0 Å². The molecule has 0 bridgehead atoms. The van der Waals surface area contributed by atoms with E-state index in [-0.39, 0.29) is 40.4 Å². The predicted octanol–water partition coefficient (Wildman–Crippen LogP) is 1.10. The van der Waals surface area contributed by atoms with Crippen LogP contribution in [0.4, 0.5) is 13.2 Å². The van der Waals surface area contributed by atoms with Crippen LogP contribution in [0.2, 0.25) is 0 Å². The minimum Gasteiger partial charge on any atom is -0.300 e. The van der Waals surface area contributed by atoms with Crippen molar-refractivity contribution >= 4 is 11.6 Å². The maximum Gasteiger partial charge on any atom is 0.450 e. The molecule has 0 aliphatic carbocycles. The summed E-state index contributed by atoms with van der Waals surface area (Å²) < 4.78 is 33.9. The Morgan fingerprint density at radius 2 is 1.64 bits per heavy atom. The van der Waals surface area contributed by atoms with Crippen molar-refractivity contribution < 1.29 is 63.1 Å². The van der Waals surface area contributed by atoms with Gasteiger partial charge >= 0.3 is 6.18 Å². The zero-order valence-electron chi connectivity index (χ0n) is 5.57. The van der Waals surface area contributed by atoms with Crippen LogP contribution in [0.25, 0.3) is 0 Å². The smallest absolute Gasteiger partial charge is 0.300 e. The number of ketones is 2. The normalized spacial score (nSPS) is 10.2. The molecule has 0 radical (unpaired) electrons. The van der Waals surface area contributed by atoms with E-state index in [1.165, 1.54) is 0 Å². The molecule has 11 heavy (non-hydrogen) atoms. The van der Waals surface area contributed by atoms with Crippen LogP contribution in [0.15, 0.2) is 0 Å². The minimum absolute atomic E-state index is 0. The van der Waals surface area contributed by atoms with Gasteiger partial charge in [0.25, 0.3) is 0 Å². The number of hydrogen-bond donors (Lipinski definition) is 0. The van der Waals surface area contributed by atoms with Crippen LogP contribution < -0.4 is 0 Å². The fourth-order valence-electron chi connectivity index (χ4n) is 0.326. The quantitative estimate of drug-likeness (QED) is 0.716. The largest absolute Gasteiger partial charge is 0.450 e. The maximum absolute atomic E-state index is 11.3. The van der Waals surface area contributed by atoms with Gasteiger partial charge in [-0.2, -0.15) is 13.2 Å². The summed E-state index contributed by atoms with van der Waals surface area (Å²) in [5.41, 5.74) is 0. The summed E-state index contributed by atoms with van der Waals surface area (Å²) in [4.78, 5) is 19.9. The molecule has 0 fully saturated rings. The fraction of sp³-hybridized carbons (Fsp3) is 0.600. The van der Waals surface area contributed by atoms with Crippen molar-refractivity contribution in [1.29, 1.82) is 0 Å². The number of rotatable bonds is 2. The molecular formula is C5H5F3O2Sm. The van der Waals surface area contributed by atoms with E-state index in [4.69, 9.17) is 0 Å². The molecule has 64 valence electrons. The van der Waals surface area contributed by atoms with Gasteiger partial charge in [-0.15, -0.1) is 0 Å². The Morgan fingerprint density at radius 1 is 1.27 bits per heavy atom. The third kappa shape index (κ3) is 6.85. The van der Waals surface area contributed by atoms with Gasteiger partial charge in [-0.1, -0.05) is 0 Å². The third-order valence-electron chi connectivity index (χ3n) is 0.726. The Morgan fingerprint density at radius 3 is 1.73 bits per heavy atom. The first-order valence-electron chi connectivity index (χ1n) is 2.43. The molecule has 0 heterocycles. The van der Waals surface area contributed by atoms with Crippen molar-refractivity contribution in [2.45, 2.75) is 19.5 Å². The molecule has 0 atom stereocenters. The Hall–Kier alpha value is 0.468. The Bertz CT molecular complexity index is 164. The van der Waals surface area contributed by atoms with Crippen LogP contribution in [0.5, 0.6) is 0 Å². The first-order chi connectivity index (χ1) is 4.34. The minimum atomic E-state index is -4.87. The Balaban J connectivity index is 0. The van der Waals surface area contributed by atoms with Crippen LogP contribution in [0.3, 0.4) is 0 Å². The molecule has 0 N–H and O–H groups in total. The zero-order valence-corrected chi connectivity index (χ0v) is 8.19. The molecule has 0 amide bonds. The molecule has 0 saturated heterocycles. The van der Waals surface area contributed by atoms with Crippen LogP contribution >= 0.6 is 0 Å². The van der Waals surface area contributed by atoms with Crippen molar-refractivity contribution in [3.63, 3.8) is 0 Å². The Labute approximate surface area is 93.6 Å². The monoisotopic (exact) mass is 306 g/mol. The molecule has 0 aromatic carbocycles. The van der Waals surface area contributed by atoms with Crippen LogP contribution in [-0.4, -0.2) is 17.7 Å². The van der Waals surface area contributed by atoms with Crippen molar-refractivity contribution in [3.05, 3.63) is 0 Å². The number of carbonyl (C=O) groups excluding carboxylic acids is 2. The van der Waals surface area contributed by atoms with Gasteiger partial charge in [0.05, 0.1) is 6.42 Å². The van der Waals surface area contributed by atoms with E-state index in [2.05, 4.69) is 0 Å². The number of carbonyl (C=O) groups is 2. The average Bonchev–Trinajstić information content (AvgIpc) is 1.60. The second kappa shape index (κ2) is 5.17. The van der Waals surface area contributed by atoms with Gasteiger partial charge in [0, 0.05) is 40.4 Å². The van der Waals surface area contributed by atoms with Crippen molar-refractivity contribution in [1.82, 2.24) is 0 Å². The maximum atomic E-state index is 11.3. The summed E-state index contributed by atoms with van der Waals surface area (Å²) in [6.07, 6.45) is -5.92. The zero-order chi connectivity index (χ0) is 8.36. The number of Topliss-reactive ketones (excluding diaryl/α,β-unsaturated/α-hetero) is 2. The van der Waals surface area contributed by atoms with E-state index in [1.54, 1.807) is 0 Å². The molecule has 0 unspecified atom stereocenters. The topological polar surface area (TPSA) is 34.1 Å². The third-order valence-corrected chi connectivity index (χ3v) is 0.726. The molecule has 0 aromatic heterocycles. The van der Waals surface area contributed by atoms with E-state index in [9.17, 15) is 22.8 Å². The fourth-order valence-corrected chi connectivity index (χ4v) is 0.326. The average molecular weight is 304 g/mol. The van der Waals surface area contributed by atoms with E-state index in [0.717, 1.165) is 6.92 Å². The standard InChI is InChI=1S/C5H5F3O2.Sm/c1-3(9)2-4(10)5(6,7)8;/h2H2,1H3;. The number of hydrogen-bond acceptors (Lipinski definition) is 2. The van der Waals surface area contributed by atoms with E-state index < -0.39 is 24.2 Å². The first kappa shape index (κ1) is 14.0. The summed E-state index contributed by atoms with van der Waals surface area (Å²) in [5, 5.41) is 0. The summed E-state index contributed by atoms with van der Waals surface area (Å²) in [6, 6.07) is 0. The predicted molar refractivity (Wildman–Crippen MR) is 26.4 cm³/mol. The van der Waals surface area contributed by atoms with Crippen LogP contribution in [0, 0.1) is 40.4 Å². The van der Waals surface area contributed by atoms with E-state index in [0.29, 0.717) is 0 Å². The van der Waals surface area contributed by atoms with Gasteiger partial charge in [0.15, 0.2) is 0 Å².